The molecule has 2 aliphatic rings. The molecule has 2 fully saturated rings. The lowest BCUT2D eigenvalue weighted by molar-refractivity contribution is -0.134. The second kappa shape index (κ2) is 7.49. The molecule has 1 saturated carbocycles. The first-order chi connectivity index (χ1) is 8.56. The number of likely N-dealkylation sites (tertiary alicyclic amines) is 1. The number of nitrogens with zero attached hydrogens (tertiary/aromatic N) is 1. The van der Waals surface area contributed by atoms with E-state index in [9.17, 15) is 4.79 Å². The molecular formula is C15H29ClN2O. The minimum absolute atomic E-state index is 0. The summed E-state index contributed by atoms with van der Waals surface area (Å²) in [4.78, 5) is 14.4. The van der Waals surface area contributed by atoms with Crippen LogP contribution in [0.3, 0.4) is 0 Å². The number of piperidine rings is 1. The molecule has 4 unspecified atom stereocenters. The number of halogens is 1. The van der Waals surface area contributed by atoms with Crippen molar-refractivity contribution in [3.05, 3.63) is 0 Å². The van der Waals surface area contributed by atoms with Crippen LogP contribution in [-0.4, -0.2) is 29.9 Å². The second-order valence-corrected chi connectivity index (χ2v) is 6.59. The van der Waals surface area contributed by atoms with Gasteiger partial charge in [0.1, 0.15) is 0 Å². The maximum absolute atomic E-state index is 12.3. The summed E-state index contributed by atoms with van der Waals surface area (Å²) in [6.07, 6.45) is 6.88. The molecule has 0 aromatic heterocycles. The molecule has 1 amide bonds. The van der Waals surface area contributed by atoms with E-state index in [1.807, 2.05) is 0 Å². The highest BCUT2D eigenvalue weighted by molar-refractivity contribution is 5.85. The van der Waals surface area contributed by atoms with Crippen molar-refractivity contribution in [2.75, 3.05) is 13.1 Å². The lowest BCUT2D eigenvalue weighted by Gasteiger charge is -2.35. The third-order valence-corrected chi connectivity index (χ3v) is 4.82. The lowest BCUT2D eigenvalue weighted by Crippen LogP contribution is -2.45. The van der Waals surface area contributed by atoms with Gasteiger partial charge in [0, 0.05) is 25.6 Å². The first-order valence-electron chi connectivity index (χ1n) is 7.59. The Labute approximate surface area is 123 Å². The SMILES string of the molecule is CC1CCC(CC(=O)N2CCCC(C(C)N)C2)C1.Cl. The number of amides is 1. The van der Waals surface area contributed by atoms with Gasteiger partial charge in [0.2, 0.25) is 5.91 Å². The topological polar surface area (TPSA) is 46.3 Å². The van der Waals surface area contributed by atoms with Crippen molar-refractivity contribution in [1.82, 2.24) is 4.90 Å². The van der Waals surface area contributed by atoms with Crippen molar-refractivity contribution in [3.8, 4) is 0 Å². The zero-order valence-electron chi connectivity index (χ0n) is 12.3. The van der Waals surface area contributed by atoms with Gasteiger partial charge in [-0.3, -0.25) is 4.79 Å². The predicted molar refractivity (Wildman–Crippen MR) is 81.3 cm³/mol. The smallest absolute Gasteiger partial charge is 0.222 e. The van der Waals surface area contributed by atoms with Crippen molar-refractivity contribution in [2.45, 2.75) is 58.4 Å². The van der Waals surface area contributed by atoms with Gasteiger partial charge in [0.05, 0.1) is 0 Å². The molecule has 0 aromatic carbocycles. The van der Waals surface area contributed by atoms with Crippen LogP contribution in [0.5, 0.6) is 0 Å². The molecule has 4 heteroatoms. The zero-order valence-corrected chi connectivity index (χ0v) is 13.1. The molecule has 2 N–H and O–H groups in total. The minimum Gasteiger partial charge on any atom is -0.342 e. The first kappa shape index (κ1) is 16.8. The van der Waals surface area contributed by atoms with E-state index in [0.29, 0.717) is 17.7 Å². The van der Waals surface area contributed by atoms with E-state index in [1.54, 1.807) is 0 Å². The molecule has 1 saturated heterocycles. The van der Waals surface area contributed by atoms with Crippen LogP contribution in [0.1, 0.15) is 52.4 Å². The normalized spacial score (nSPS) is 32.8. The number of nitrogens with two attached hydrogens (primary N) is 1. The first-order valence-corrected chi connectivity index (χ1v) is 7.59. The number of rotatable bonds is 3. The van der Waals surface area contributed by atoms with E-state index in [1.165, 1.54) is 25.7 Å². The second-order valence-electron chi connectivity index (χ2n) is 6.59. The van der Waals surface area contributed by atoms with Gasteiger partial charge >= 0.3 is 0 Å². The third kappa shape index (κ3) is 4.64. The van der Waals surface area contributed by atoms with Crippen LogP contribution in [0.2, 0.25) is 0 Å². The summed E-state index contributed by atoms with van der Waals surface area (Å²) in [7, 11) is 0. The molecule has 0 radical (unpaired) electrons. The monoisotopic (exact) mass is 288 g/mol. The summed E-state index contributed by atoms with van der Waals surface area (Å²) < 4.78 is 0. The average Bonchev–Trinajstić information content (AvgIpc) is 2.75. The van der Waals surface area contributed by atoms with Crippen molar-refractivity contribution in [3.63, 3.8) is 0 Å². The molecular weight excluding hydrogens is 260 g/mol. The Morgan fingerprint density at radius 1 is 1.37 bits per heavy atom. The van der Waals surface area contributed by atoms with Crippen LogP contribution < -0.4 is 5.73 Å². The number of hydrogen-bond donors (Lipinski definition) is 1. The van der Waals surface area contributed by atoms with Gasteiger partial charge < -0.3 is 10.6 Å². The van der Waals surface area contributed by atoms with Crippen LogP contribution >= 0.6 is 12.4 Å². The Hall–Kier alpha value is -0.280. The molecule has 2 rings (SSSR count). The largest absolute Gasteiger partial charge is 0.342 e. The highest BCUT2D eigenvalue weighted by Gasteiger charge is 2.29. The van der Waals surface area contributed by atoms with Crippen LogP contribution in [0.4, 0.5) is 0 Å². The van der Waals surface area contributed by atoms with E-state index < -0.39 is 0 Å². The Balaban J connectivity index is 0.00000180. The average molecular weight is 289 g/mol. The minimum atomic E-state index is 0. The number of carbonyl (C=O) groups excluding carboxylic acids is 1. The summed E-state index contributed by atoms with van der Waals surface area (Å²) in [6.45, 7) is 6.21. The Morgan fingerprint density at radius 2 is 2.11 bits per heavy atom. The quantitative estimate of drug-likeness (QED) is 0.868. The van der Waals surface area contributed by atoms with Crippen molar-refractivity contribution >= 4 is 18.3 Å². The summed E-state index contributed by atoms with van der Waals surface area (Å²) >= 11 is 0. The highest BCUT2D eigenvalue weighted by atomic mass is 35.5. The Kier molecular flexibility index (Phi) is 6.61. The summed E-state index contributed by atoms with van der Waals surface area (Å²) in [6, 6.07) is 0.215. The summed E-state index contributed by atoms with van der Waals surface area (Å²) in [5.74, 6) is 2.34. The molecule has 0 spiro atoms. The van der Waals surface area contributed by atoms with Crippen LogP contribution in [-0.2, 0) is 4.79 Å². The lowest BCUT2D eigenvalue weighted by atomic mass is 9.91. The summed E-state index contributed by atoms with van der Waals surface area (Å²) in [5.41, 5.74) is 5.97. The molecule has 3 nitrogen and oxygen atoms in total. The standard InChI is InChI=1S/C15H28N2O.ClH/c1-11-5-6-13(8-11)9-15(18)17-7-3-4-14(10-17)12(2)16;/h11-14H,3-10,16H2,1-2H3;1H. The highest BCUT2D eigenvalue weighted by Crippen LogP contribution is 2.33. The molecule has 0 aromatic rings. The fraction of sp³-hybridized carbons (Fsp3) is 0.933. The van der Waals surface area contributed by atoms with E-state index >= 15 is 0 Å². The Bertz CT molecular complexity index is 296. The predicted octanol–water partition coefficient (Wildman–Crippen LogP) is 2.82. The maximum Gasteiger partial charge on any atom is 0.222 e. The zero-order chi connectivity index (χ0) is 13.1. The van der Waals surface area contributed by atoms with E-state index in [4.69, 9.17) is 5.73 Å². The fourth-order valence-corrected chi connectivity index (χ4v) is 3.55. The van der Waals surface area contributed by atoms with Gasteiger partial charge in [0.15, 0.2) is 0 Å². The van der Waals surface area contributed by atoms with Crippen molar-refractivity contribution in [1.29, 1.82) is 0 Å². The van der Waals surface area contributed by atoms with Gasteiger partial charge in [-0.1, -0.05) is 13.3 Å². The molecule has 1 aliphatic heterocycles. The van der Waals surface area contributed by atoms with Crippen LogP contribution in [0.25, 0.3) is 0 Å². The summed E-state index contributed by atoms with van der Waals surface area (Å²) in [5, 5.41) is 0. The molecule has 19 heavy (non-hydrogen) atoms. The molecule has 1 aliphatic carbocycles. The molecule has 4 atom stereocenters. The van der Waals surface area contributed by atoms with Gasteiger partial charge in [-0.25, -0.2) is 0 Å². The fourth-order valence-electron chi connectivity index (χ4n) is 3.55. The van der Waals surface area contributed by atoms with Crippen LogP contribution in [0, 0.1) is 17.8 Å². The maximum atomic E-state index is 12.3. The van der Waals surface area contributed by atoms with Gasteiger partial charge in [0.25, 0.3) is 0 Å². The van der Waals surface area contributed by atoms with E-state index in [-0.39, 0.29) is 18.4 Å². The van der Waals surface area contributed by atoms with E-state index in [2.05, 4.69) is 18.7 Å². The number of carbonyl (C=O) groups is 1. The van der Waals surface area contributed by atoms with Gasteiger partial charge in [-0.2, -0.15) is 0 Å². The molecule has 112 valence electrons. The van der Waals surface area contributed by atoms with E-state index in [0.717, 1.165) is 31.8 Å². The Morgan fingerprint density at radius 3 is 2.68 bits per heavy atom. The van der Waals surface area contributed by atoms with Gasteiger partial charge in [-0.15, -0.1) is 12.4 Å². The molecule has 1 heterocycles. The van der Waals surface area contributed by atoms with Gasteiger partial charge in [-0.05, 0) is 50.4 Å². The van der Waals surface area contributed by atoms with Crippen molar-refractivity contribution in [2.24, 2.45) is 23.5 Å². The van der Waals surface area contributed by atoms with Crippen molar-refractivity contribution < 1.29 is 4.79 Å². The number of hydrogen-bond acceptors (Lipinski definition) is 2. The van der Waals surface area contributed by atoms with Crippen LogP contribution in [0.15, 0.2) is 0 Å². The molecule has 0 bridgehead atoms. The third-order valence-electron chi connectivity index (χ3n) is 4.82.